The lowest BCUT2D eigenvalue weighted by molar-refractivity contribution is 0.873. The Morgan fingerprint density at radius 2 is 2.12 bits per heavy atom. The molecule has 0 fully saturated rings. The highest BCUT2D eigenvalue weighted by Gasteiger charge is 2.06. The second kappa shape index (κ2) is 4.95. The molecule has 1 aromatic heterocycles. The zero-order valence-corrected chi connectivity index (χ0v) is 10.9. The third-order valence-electron chi connectivity index (χ3n) is 2.15. The molecule has 0 aliphatic heterocycles. The lowest BCUT2D eigenvalue weighted by atomic mass is 10.1. The van der Waals surface area contributed by atoms with Crippen molar-refractivity contribution in [2.24, 2.45) is 0 Å². The van der Waals surface area contributed by atoms with E-state index in [1.54, 1.807) is 0 Å². The van der Waals surface area contributed by atoms with E-state index >= 15 is 0 Å². The van der Waals surface area contributed by atoms with E-state index in [-0.39, 0.29) is 6.04 Å². The van der Waals surface area contributed by atoms with Gasteiger partial charge in [0.1, 0.15) is 0 Å². The van der Waals surface area contributed by atoms with E-state index < -0.39 is 0 Å². The summed E-state index contributed by atoms with van der Waals surface area (Å²) in [7, 11) is 0. The third-order valence-corrected chi connectivity index (χ3v) is 3.42. The van der Waals surface area contributed by atoms with Gasteiger partial charge in [0.25, 0.3) is 0 Å². The predicted octanol–water partition coefficient (Wildman–Crippen LogP) is 4.03. The summed E-state index contributed by atoms with van der Waals surface area (Å²) in [4.78, 5) is 0. The fraction of sp³-hybridized carbons (Fsp3) is 0.200. The van der Waals surface area contributed by atoms with E-state index in [0.29, 0.717) is 3.95 Å². The summed E-state index contributed by atoms with van der Waals surface area (Å²) in [6.45, 7) is 2.06. The molecular formula is C10H10ClN3S2. The monoisotopic (exact) mass is 271 g/mol. The molecule has 6 heteroatoms. The number of nitrogens with zero attached hydrogens (tertiary/aromatic N) is 1. The lowest BCUT2D eigenvalue weighted by Gasteiger charge is -2.12. The van der Waals surface area contributed by atoms with Crippen molar-refractivity contribution in [2.45, 2.75) is 13.0 Å². The van der Waals surface area contributed by atoms with Crippen molar-refractivity contribution in [2.75, 3.05) is 5.32 Å². The van der Waals surface area contributed by atoms with E-state index in [0.717, 1.165) is 15.7 Å². The Hall–Kier alpha value is -0.910. The second-order valence-corrected chi connectivity index (χ2v) is 5.44. The molecule has 1 heterocycles. The number of anilines is 1. The number of nitrogens with one attached hydrogen (secondary N) is 2. The summed E-state index contributed by atoms with van der Waals surface area (Å²) in [6, 6.07) is 7.91. The summed E-state index contributed by atoms with van der Waals surface area (Å²) in [5.41, 5.74) is 1.16. The summed E-state index contributed by atoms with van der Waals surface area (Å²) in [6.07, 6.45) is 0. The highest BCUT2D eigenvalue weighted by atomic mass is 35.5. The van der Waals surface area contributed by atoms with E-state index in [9.17, 15) is 0 Å². The van der Waals surface area contributed by atoms with Crippen molar-refractivity contribution < 1.29 is 0 Å². The Labute approximate surface area is 107 Å². The molecule has 3 nitrogen and oxygen atoms in total. The van der Waals surface area contributed by atoms with Crippen LogP contribution >= 0.6 is 35.2 Å². The number of aromatic nitrogens is 2. The molecule has 0 aliphatic carbocycles. The van der Waals surface area contributed by atoms with E-state index in [4.69, 9.17) is 23.8 Å². The SMILES string of the molecule is CC(Nc1n[nH]c(=S)s1)c1ccc(Cl)cc1. The van der Waals surface area contributed by atoms with Crippen LogP contribution in [0, 0.1) is 3.95 Å². The van der Waals surface area contributed by atoms with Gasteiger partial charge < -0.3 is 5.32 Å². The fourth-order valence-electron chi connectivity index (χ4n) is 1.31. The highest BCUT2D eigenvalue weighted by Crippen LogP contribution is 2.21. The second-order valence-electron chi connectivity index (χ2n) is 3.34. The molecule has 1 aromatic carbocycles. The molecule has 2 rings (SSSR count). The Morgan fingerprint density at radius 1 is 1.44 bits per heavy atom. The lowest BCUT2D eigenvalue weighted by Crippen LogP contribution is -2.05. The van der Waals surface area contributed by atoms with Gasteiger partial charge in [-0.15, -0.1) is 5.10 Å². The molecule has 0 spiro atoms. The van der Waals surface area contributed by atoms with Gasteiger partial charge in [0.05, 0.1) is 6.04 Å². The van der Waals surface area contributed by atoms with Crippen LogP contribution in [0.4, 0.5) is 5.13 Å². The van der Waals surface area contributed by atoms with Gasteiger partial charge in [-0.3, -0.25) is 5.10 Å². The molecule has 0 amide bonds. The quantitative estimate of drug-likeness (QED) is 0.828. The number of aromatic amines is 1. The Balaban J connectivity index is 2.11. The van der Waals surface area contributed by atoms with Gasteiger partial charge in [-0.25, -0.2) is 0 Å². The largest absolute Gasteiger partial charge is 0.354 e. The standard InChI is InChI=1S/C10H10ClN3S2/c1-6(7-2-4-8(11)5-3-7)12-9-13-14-10(15)16-9/h2-6H,1H3,(H,12,13)(H,14,15). The molecule has 0 radical (unpaired) electrons. The van der Waals surface area contributed by atoms with Crippen molar-refractivity contribution >= 4 is 40.3 Å². The zero-order chi connectivity index (χ0) is 11.5. The first-order valence-corrected chi connectivity index (χ1v) is 6.33. The topological polar surface area (TPSA) is 40.7 Å². The first-order chi connectivity index (χ1) is 7.65. The van der Waals surface area contributed by atoms with Crippen LogP contribution in [0.2, 0.25) is 5.02 Å². The van der Waals surface area contributed by atoms with Crippen molar-refractivity contribution in [3.63, 3.8) is 0 Å². The molecular weight excluding hydrogens is 262 g/mol. The highest BCUT2D eigenvalue weighted by molar-refractivity contribution is 7.73. The molecule has 1 unspecified atom stereocenters. The minimum atomic E-state index is 0.172. The predicted molar refractivity (Wildman–Crippen MR) is 70.8 cm³/mol. The van der Waals surface area contributed by atoms with Crippen LogP contribution in [0.5, 0.6) is 0 Å². The van der Waals surface area contributed by atoms with Crippen molar-refractivity contribution in [1.82, 2.24) is 10.2 Å². The number of benzene rings is 1. The molecule has 84 valence electrons. The molecule has 2 N–H and O–H groups in total. The number of H-pyrrole nitrogens is 1. The maximum atomic E-state index is 5.83. The molecule has 2 aromatic rings. The molecule has 0 aliphatic rings. The summed E-state index contributed by atoms with van der Waals surface area (Å²) in [5, 5.41) is 11.6. The van der Waals surface area contributed by atoms with Crippen LogP contribution in [0.25, 0.3) is 0 Å². The summed E-state index contributed by atoms with van der Waals surface area (Å²) in [5.74, 6) is 0. The summed E-state index contributed by atoms with van der Waals surface area (Å²) >= 11 is 12.2. The molecule has 1 atom stereocenters. The number of rotatable bonds is 3. The normalized spacial score (nSPS) is 12.4. The van der Waals surface area contributed by atoms with Crippen LogP contribution in [0.3, 0.4) is 0 Å². The summed E-state index contributed by atoms with van der Waals surface area (Å²) < 4.78 is 0.672. The molecule has 16 heavy (non-hydrogen) atoms. The zero-order valence-electron chi connectivity index (χ0n) is 8.53. The van der Waals surface area contributed by atoms with Gasteiger partial charge in [-0.1, -0.05) is 35.1 Å². The molecule has 0 saturated heterocycles. The maximum absolute atomic E-state index is 5.83. The van der Waals surface area contributed by atoms with Gasteiger partial charge in [0.2, 0.25) is 5.13 Å². The minimum Gasteiger partial charge on any atom is -0.354 e. The van der Waals surface area contributed by atoms with Crippen LogP contribution in [0.15, 0.2) is 24.3 Å². The van der Waals surface area contributed by atoms with Crippen molar-refractivity contribution in [1.29, 1.82) is 0 Å². The average Bonchev–Trinajstić information content (AvgIpc) is 2.65. The fourth-order valence-corrected chi connectivity index (χ4v) is 2.31. The van der Waals surface area contributed by atoms with E-state index in [1.165, 1.54) is 11.3 Å². The first-order valence-electron chi connectivity index (χ1n) is 4.72. The van der Waals surface area contributed by atoms with Crippen molar-refractivity contribution in [3.8, 4) is 0 Å². The number of hydrogen-bond donors (Lipinski definition) is 2. The van der Waals surface area contributed by atoms with Gasteiger partial charge in [-0.2, -0.15) is 0 Å². The van der Waals surface area contributed by atoms with Gasteiger partial charge in [0.15, 0.2) is 3.95 Å². The minimum absolute atomic E-state index is 0.172. The Kier molecular flexibility index (Phi) is 3.58. The maximum Gasteiger partial charge on any atom is 0.204 e. The van der Waals surface area contributed by atoms with Crippen LogP contribution in [-0.4, -0.2) is 10.2 Å². The van der Waals surface area contributed by atoms with Gasteiger partial charge in [-0.05, 0) is 36.8 Å². The Morgan fingerprint density at radius 3 is 2.69 bits per heavy atom. The third kappa shape index (κ3) is 2.81. The first kappa shape index (κ1) is 11.6. The van der Waals surface area contributed by atoms with Crippen LogP contribution < -0.4 is 5.32 Å². The smallest absolute Gasteiger partial charge is 0.204 e. The van der Waals surface area contributed by atoms with E-state index in [1.807, 2.05) is 24.3 Å². The van der Waals surface area contributed by atoms with Crippen LogP contribution in [-0.2, 0) is 0 Å². The Bertz CT molecular complexity index is 517. The average molecular weight is 272 g/mol. The molecule has 0 bridgehead atoms. The number of halogens is 1. The van der Waals surface area contributed by atoms with Crippen LogP contribution in [0.1, 0.15) is 18.5 Å². The number of hydrogen-bond acceptors (Lipinski definition) is 4. The molecule has 0 saturated carbocycles. The van der Waals surface area contributed by atoms with Gasteiger partial charge >= 0.3 is 0 Å². The van der Waals surface area contributed by atoms with E-state index in [2.05, 4.69) is 22.4 Å². The van der Waals surface area contributed by atoms with Crippen molar-refractivity contribution in [3.05, 3.63) is 38.8 Å². The van der Waals surface area contributed by atoms with Gasteiger partial charge in [0, 0.05) is 5.02 Å².